The van der Waals surface area contributed by atoms with Gasteiger partial charge in [0.1, 0.15) is 11.4 Å². The molecule has 27 heavy (non-hydrogen) atoms. The molecule has 0 fully saturated rings. The first-order valence-corrected chi connectivity index (χ1v) is 8.49. The summed E-state index contributed by atoms with van der Waals surface area (Å²) in [6, 6.07) is 3.86. The normalized spacial score (nSPS) is 11.5. The lowest BCUT2D eigenvalue weighted by molar-refractivity contribution is 0.0931. The number of hydrogen-bond donors (Lipinski definition) is 2. The van der Waals surface area contributed by atoms with E-state index in [9.17, 15) is 13.9 Å². The number of aryl methyl sites for hydroxylation is 1. The van der Waals surface area contributed by atoms with Crippen molar-refractivity contribution in [1.82, 2.24) is 19.5 Å². The molecule has 2 heterocycles. The van der Waals surface area contributed by atoms with Crippen molar-refractivity contribution < 1.29 is 13.9 Å². The molecule has 0 aliphatic heterocycles. The Balaban J connectivity index is 2.16. The van der Waals surface area contributed by atoms with Crippen LogP contribution in [0.5, 0.6) is 0 Å². The zero-order chi connectivity index (χ0) is 19.8. The number of nitrogens with zero attached hydrogens (tertiary/aromatic N) is 4. The van der Waals surface area contributed by atoms with Crippen molar-refractivity contribution in [3.63, 3.8) is 0 Å². The van der Waals surface area contributed by atoms with Crippen LogP contribution in [0.1, 0.15) is 32.5 Å². The summed E-state index contributed by atoms with van der Waals surface area (Å²) in [5.41, 5.74) is 5.43. The summed E-state index contributed by atoms with van der Waals surface area (Å²) in [6.45, 7) is 3.66. The van der Waals surface area contributed by atoms with E-state index < -0.39 is 17.2 Å². The van der Waals surface area contributed by atoms with Gasteiger partial charge in [0, 0.05) is 7.05 Å². The lowest BCUT2D eigenvalue weighted by Crippen LogP contribution is -2.23. The number of nitrogens with two attached hydrogens (primary N) is 1. The van der Waals surface area contributed by atoms with Crippen LogP contribution in [0.25, 0.3) is 22.6 Å². The number of aliphatic hydroxyl groups is 1. The molecule has 0 aliphatic rings. The second-order valence-electron chi connectivity index (χ2n) is 6.19. The Morgan fingerprint density at radius 2 is 1.89 bits per heavy atom. The van der Waals surface area contributed by atoms with E-state index in [-0.39, 0.29) is 28.5 Å². The molecule has 0 saturated carbocycles. The molecule has 0 amide bonds. The molecule has 0 radical (unpaired) electrons. The van der Waals surface area contributed by atoms with Gasteiger partial charge >= 0.3 is 0 Å². The monoisotopic (exact) mass is 371 g/mol. The van der Waals surface area contributed by atoms with Gasteiger partial charge in [-0.3, -0.25) is 0 Å². The molecule has 0 aliphatic carbocycles. The quantitative estimate of drug-likeness (QED) is 0.691. The molecular formula is C19H19F2N5O. The number of nitrogen functional groups attached to an aromatic ring is 1. The molecule has 0 bridgehead atoms. The van der Waals surface area contributed by atoms with Gasteiger partial charge in [0.2, 0.25) is 5.82 Å². The highest BCUT2D eigenvalue weighted by molar-refractivity contribution is 5.85. The van der Waals surface area contributed by atoms with Crippen LogP contribution >= 0.6 is 0 Å². The summed E-state index contributed by atoms with van der Waals surface area (Å²) < 4.78 is 29.2. The first-order chi connectivity index (χ1) is 12.8. The lowest BCUT2D eigenvalue weighted by atomic mass is 9.98. The van der Waals surface area contributed by atoms with E-state index >= 15 is 0 Å². The third kappa shape index (κ3) is 3.34. The van der Waals surface area contributed by atoms with Crippen LogP contribution in [-0.2, 0) is 7.05 Å². The predicted molar refractivity (Wildman–Crippen MR) is 98.5 cm³/mol. The third-order valence-electron chi connectivity index (χ3n) is 4.51. The number of hydrogen-bond acceptors (Lipinski definition) is 5. The maximum Gasteiger partial charge on any atom is 0.209 e. The Kier molecular flexibility index (Phi) is 4.81. The van der Waals surface area contributed by atoms with Crippen LogP contribution in [-0.4, -0.2) is 30.2 Å². The molecular weight excluding hydrogens is 352 g/mol. The molecule has 3 rings (SSSR count). The molecule has 3 N–H and O–H groups in total. The number of halogens is 2. The second kappa shape index (κ2) is 6.93. The zero-order valence-electron chi connectivity index (χ0n) is 15.2. The minimum Gasteiger partial charge on any atom is -0.382 e. The van der Waals surface area contributed by atoms with Gasteiger partial charge in [-0.2, -0.15) is 0 Å². The number of anilines is 1. The van der Waals surface area contributed by atoms with Gasteiger partial charge in [-0.1, -0.05) is 25.8 Å². The van der Waals surface area contributed by atoms with Crippen LogP contribution in [0.15, 0.2) is 18.2 Å². The van der Waals surface area contributed by atoms with E-state index in [1.54, 1.807) is 7.05 Å². The van der Waals surface area contributed by atoms with Crippen LogP contribution in [0, 0.1) is 23.5 Å². The SMILES string of the molecule is CCC(O)(C#Cc1nc(N)c2nc(-c3cccc(F)c3F)n(C)c2n1)CC. The lowest BCUT2D eigenvalue weighted by Gasteiger charge is -2.16. The van der Waals surface area contributed by atoms with Crippen molar-refractivity contribution in [1.29, 1.82) is 0 Å². The van der Waals surface area contributed by atoms with E-state index in [1.165, 1.54) is 16.7 Å². The van der Waals surface area contributed by atoms with Gasteiger partial charge in [0.05, 0.1) is 5.56 Å². The summed E-state index contributed by atoms with van der Waals surface area (Å²) in [7, 11) is 1.62. The van der Waals surface area contributed by atoms with Crippen LogP contribution in [0.2, 0.25) is 0 Å². The average Bonchev–Trinajstić information content (AvgIpc) is 2.99. The minimum absolute atomic E-state index is 0.00567. The van der Waals surface area contributed by atoms with Crippen molar-refractivity contribution in [2.75, 3.05) is 5.73 Å². The third-order valence-corrected chi connectivity index (χ3v) is 4.51. The second-order valence-corrected chi connectivity index (χ2v) is 6.19. The minimum atomic E-state index is -1.13. The van der Waals surface area contributed by atoms with Crippen molar-refractivity contribution in [3.8, 4) is 23.2 Å². The van der Waals surface area contributed by atoms with Crippen molar-refractivity contribution in [3.05, 3.63) is 35.7 Å². The summed E-state index contributed by atoms with van der Waals surface area (Å²) >= 11 is 0. The first kappa shape index (κ1) is 18.7. The zero-order valence-corrected chi connectivity index (χ0v) is 15.2. The van der Waals surface area contributed by atoms with Gasteiger partial charge in [-0.15, -0.1) is 0 Å². The van der Waals surface area contributed by atoms with E-state index in [2.05, 4.69) is 26.8 Å². The predicted octanol–water partition coefficient (Wildman–Crippen LogP) is 2.79. The Morgan fingerprint density at radius 3 is 2.56 bits per heavy atom. The highest BCUT2D eigenvalue weighted by Gasteiger charge is 2.20. The smallest absolute Gasteiger partial charge is 0.209 e. The maximum atomic E-state index is 14.2. The topological polar surface area (TPSA) is 89.9 Å². The Hall–Kier alpha value is -3.05. The first-order valence-electron chi connectivity index (χ1n) is 8.49. The Bertz CT molecular complexity index is 1080. The summed E-state index contributed by atoms with van der Waals surface area (Å²) in [6.07, 6.45) is 0.922. The van der Waals surface area contributed by atoms with Gasteiger partial charge < -0.3 is 15.4 Å². The molecule has 1 aromatic carbocycles. The van der Waals surface area contributed by atoms with E-state index in [0.717, 1.165) is 6.07 Å². The van der Waals surface area contributed by atoms with Crippen LogP contribution < -0.4 is 5.73 Å². The number of aromatic nitrogens is 4. The maximum absolute atomic E-state index is 14.2. The highest BCUT2D eigenvalue weighted by Crippen LogP contribution is 2.28. The Morgan fingerprint density at radius 1 is 1.19 bits per heavy atom. The summed E-state index contributed by atoms with van der Waals surface area (Å²) in [4.78, 5) is 12.7. The number of rotatable bonds is 3. The fourth-order valence-corrected chi connectivity index (χ4v) is 2.65. The van der Waals surface area contributed by atoms with E-state index in [4.69, 9.17) is 5.73 Å². The fraction of sp³-hybridized carbons (Fsp3) is 0.316. The highest BCUT2D eigenvalue weighted by atomic mass is 19.2. The molecule has 0 unspecified atom stereocenters. The van der Waals surface area contributed by atoms with E-state index in [0.29, 0.717) is 18.5 Å². The van der Waals surface area contributed by atoms with Crippen LogP contribution in [0.3, 0.4) is 0 Å². The molecule has 0 spiro atoms. The molecule has 2 aromatic heterocycles. The number of benzene rings is 1. The standard InChI is InChI=1S/C19H19F2N5O/c1-4-19(27,5-2)10-9-13-23-16(22)15-18(24-13)26(3)17(25-15)11-7-6-8-12(20)14(11)21/h6-8,27H,4-5H2,1-3H3,(H2,22,23,24). The average molecular weight is 371 g/mol. The molecule has 6 nitrogen and oxygen atoms in total. The van der Waals surface area contributed by atoms with Gasteiger partial charge in [-0.25, -0.2) is 23.7 Å². The van der Waals surface area contributed by atoms with Gasteiger partial charge in [-0.05, 0) is 30.9 Å². The molecule has 140 valence electrons. The largest absolute Gasteiger partial charge is 0.382 e. The van der Waals surface area contributed by atoms with Gasteiger partial charge in [0.15, 0.2) is 28.6 Å². The van der Waals surface area contributed by atoms with Crippen LogP contribution in [0.4, 0.5) is 14.6 Å². The van der Waals surface area contributed by atoms with E-state index in [1.807, 2.05) is 13.8 Å². The summed E-state index contributed by atoms with van der Waals surface area (Å²) in [5.74, 6) is 3.89. The molecule has 8 heteroatoms. The van der Waals surface area contributed by atoms with Gasteiger partial charge in [0.25, 0.3) is 0 Å². The molecule has 3 aromatic rings. The molecule has 0 saturated heterocycles. The van der Waals surface area contributed by atoms with Crippen molar-refractivity contribution in [2.24, 2.45) is 7.05 Å². The Labute approximate surface area is 155 Å². The fourth-order valence-electron chi connectivity index (χ4n) is 2.65. The molecule has 0 atom stereocenters. The van der Waals surface area contributed by atoms with Crippen molar-refractivity contribution >= 4 is 17.0 Å². The summed E-state index contributed by atoms with van der Waals surface area (Å²) in [5, 5.41) is 10.3. The number of fused-ring (bicyclic) bond motifs is 1. The number of imidazole rings is 1. The van der Waals surface area contributed by atoms with Crippen molar-refractivity contribution in [2.45, 2.75) is 32.3 Å².